The molecule has 0 atom stereocenters. The van der Waals surface area contributed by atoms with Gasteiger partial charge >= 0.3 is 0 Å². The first-order chi connectivity index (χ1) is 17.4. The second kappa shape index (κ2) is 33.7. The summed E-state index contributed by atoms with van der Waals surface area (Å²) in [4.78, 5) is 0. The van der Waals surface area contributed by atoms with E-state index in [0.717, 1.165) is 25.3 Å². The zero-order valence-electron chi connectivity index (χ0n) is 21.6. The molecule has 0 fully saturated rings. The second-order valence-electron chi connectivity index (χ2n) is 7.37. The van der Waals surface area contributed by atoms with Crippen LogP contribution in [-0.2, 0) is 42.6 Å². The minimum atomic E-state index is 0.531. The molecule has 9 nitrogen and oxygen atoms in total. The molecule has 0 N–H and O–H groups in total. The van der Waals surface area contributed by atoms with Crippen molar-refractivity contribution >= 4 is 11.6 Å². The van der Waals surface area contributed by atoms with Gasteiger partial charge in [-0.1, -0.05) is 18.9 Å². The quantitative estimate of drug-likeness (QED) is 0.0742. The molecule has 0 heterocycles. The maximum Gasteiger partial charge on any atom is 0.0704 e. The Hall–Kier alpha value is -0.330. The zero-order chi connectivity index (χ0) is 25.3. The molecule has 0 saturated heterocycles. The number of unbranched alkanes of at least 4 members (excludes halogenated alkanes) is 3. The molecular formula is C25H49ClO9. The molecule has 0 unspecified atom stereocenters. The van der Waals surface area contributed by atoms with Crippen LogP contribution in [0, 0.1) is 0 Å². The van der Waals surface area contributed by atoms with Crippen molar-refractivity contribution in [2.45, 2.75) is 25.7 Å². The third kappa shape index (κ3) is 33.7. The Labute approximate surface area is 217 Å². The number of hydrogen-bond donors (Lipinski definition) is 0. The Morgan fingerprint density at radius 3 is 0.971 bits per heavy atom. The van der Waals surface area contributed by atoms with Crippen LogP contribution in [0.1, 0.15) is 25.7 Å². The van der Waals surface area contributed by atoms with E-state index in [1.807, 2.05) is 0 Å². The van der Waals surface area contributed by atoms with Crippen molar-refractivity contribution in [2.75, 3.05) is 125 Å². The number of ether oxygens (including phenoxy) is 9. The molecule has 35 heavy (non-hydrogen) atoms. The van der Waals surface area contributed by atoms with Crippen LogP contribution in [0.25, 0.3) is 0 Å². The smallest absolute Gasteiger partial charge is 0.0704 e. The van der Waals surface area contributed by atoms with Gasteiger partial charge < -0.3 is 42.6 Å². The second-order valence-corrected chi connectivity index (χ2v) is 7.74. The SMILES string of the molecule is C=CCOCCOCCOCCOCCOCCOCCOCCOCCOCCCCCCCl. The van der Waals surface area contributed by atoms with Crippen molar-refractivity contribution in [3.63, 3.8) is 0 Å². The molecule has 0 amide bonds. The molecule has 0 rings (SSSR count). The third-order valence-corrected chi connectivity index (χ3v) is 4.65. The van der Waals surface area contributed by atoms with Crippen molar-refractivity contribution in [2.24, 2.45) is 0 Å². The van der Waals surface area contributed by atoms with E-state index in [2.05, 4.69) is 6.58 Å². The molecule has 0 aliphatic heterocycles. The summed E-state index contributed by atoms with van der Waals surface area (Å²) in [6.07, 6.45) is 6.23. The first-order valence-corrected chi connectivity index (χ1v) is 13.3. The van der Waals surface area contributed by atoms with Gasteiger partial charge in [0.15, 0.2) is 0 Å². The van der Waals surface area contributed by atoms with E-state index in [0.29, 0.717) is 112 Å². The summed E-state index contributed by atoms with van der Waals surface area (Å²) in [5.41, 5.74) is 0. The summed E-state index contributed by atoms with van der Waals surface area (Å²) in [6.45, 7) is 13.7. The van der Waals surface area contributed by atoms with Crippen LogP contribution < -0.4 is 0 Å². The number of rotatable bonds is 32. The van der Waals surface area contributed by atoms with Crippen molar-refractivity contribution in [3.8, 4) is 0 Å². The van der Waals surface area contributed by atoms with Crippen LogP contribution in [0.2, 0.25) is 0 Å². The van der Waals surface area contributed by atoms with Gasteiger partial charge in [-0.25, -0.2) is 0 Å². The molecule has 0 aromatic heterocycles. The molecule has 0 aromatic carbocycles. The van der Waals surface area contributed by atoms with Gasteiger partial charge in [-0.05, 0) is 12.8 Å². The summed E-state index contributed by atoms with van der Waals surface area (Å²) in [5, 5.41) is 0. The summed E-state index contributed by atoms with van der Waals surface area (Å²) in [7, 11) is 0. The van der Waals surface area contributed by atoms with Gasteiger partial charge in [0.25, 0.3) is 0 Å². The van der Waals surface area contributed by atoms with Gasteiger partial charge in [0.05, 0.1) is 112 Å². The first-order valence-electron chi connectivity index (χ1n) is 12.8. The molecule has 0 aromatic rings. The standard InChI is InChI=1S/C25H49ClO9/c1-2-8-27-10-12-29-14-16-31-18-20-33-22-24-35-25-23-34-21-19-32-17-15-30-13-11-28-9-6-4-3-5-7-26/h2H,1,3-25H2. The minimum Gasteiger partial charge on any atom is -0.379 e. The molecule has 0 saturated carbocycles. The van der Waals surface area contributed by atoms with Crippen molar-refractivity contribution < 1.29 is 42.6 Å². The fourth-order valence-corrected chi connectivity index (χ4v) is 2.77. The highest BCUT2D eigenvalue weighted by Crippen LogP contribution is 2.01. The van der Waals surface area contributed by atoms with Crippen LogP contribution in [0.4, 0.5) is 0 Å². The Balaban J connectivity index is 3.00. The van der Waals surface area contributed by atoms with E-state index in [4.69, 9.17) is 54.2 Å². The van der Waals surface area contributed by atoms with Crippen LogP contribution in [0.3, 0.4) is 0 Å². The Bertz CT molecular complexity index is 392. The molecule has 0 spiro atoms. The predicted octanol–water partition coefficient (Wildman–Crippen LogP) is 3.12. The normalized spacial score (nSPS) is 11.3. The number of halogens is 1. The number of alkyl halides is 1. The Kier molecular flexibility index (Phi) is 33.4. The molecule has 0 aliphatic carbocycles. The summed E-state index contributed by atoms with van der Waals surface area (Å²) >= 11 is 5.64. The van der Waals surface area contributed by atoms with E-state index in [9.17, 15) is 0 Å². The average Bonchev–Trinajstić information content (AvgIpc) is 2.87. The molecular weight excluding hydrogens is 480 g/mol. The average molecular weight is 529 g/mol. The van der Waals surface area contributed by atoms with Gasteiger partial charge in [0.1, 0.15) is 0 Å². The van der Waals surface area contributed by atoms with Crippen LogP contribution in [0.5, 0.6) is 0 Å². The lowest BCUT2D eigenvalue weighted by Gasteiger charge is -2.08. The highest BCUT2D eigenvalue weighted by Gasteiger charge is 1.96. The Morgan fingerprint density at radius 2 is 0.657 bits per heavy atom. The maximum atomic E-state index is 5.64. The third-order valence-electron chi connectivity index (χ3n) is 4.38. The maximum absolute atomic E-state index is 5.64. The van der Waals surface area contributed by atoms with Crippen molar-refractivity contribution in [1.82, 2.24) is 0 Å². The highest BCUT2D eigenvalue weighted by atomic mass is 35.5. The van der Waals surface area contributed by atoms with Gasteiger partial charge in [-0.15, -0.1) is 18.2 Å². The van der Waals surface area contributed by atoms with Gasteiger partial charge in [-0.2, -0.15) is 0 Å². The van der Waals surface area contributed by atoms with Gasteiger partial charge in [0, 0.05) is 12.5 Å². The molecule has 210 valence electrons. The zero-order valence-corrected chi connectivity index (χ0v) is 22.4. The molecule has 0 bridgehead atoms. The lowest BCUT2D eigenvalue weighted by Crippen LogP contribution is -2.15. The number of hydrogen-bond acceptors (Lipinski definition) is 9. The van der Waals surface area contributed by atoms with E-state index in [1.165, 1.54) is 12.8 Å². The van der Waals surface area contributed by atoms with E-state index in [-0.39, 0.29) is 0 Å². The molecule has 0 radical (unpaired) electrons. The predicted molar refractivity (Wildman–Crippen MR) is 137 cm³/mol. The van der Waals surface area contributed by atoms with Gasteiger partial charge in [-0.3, -0.25) is 0 Å². The summed E-state index contributed by atoms with van der Waals surface area (Å²) < 4.78 is 48.8. The largest absolute Gasteiger partial charge is 0.379 e. The van der Waals surface area contributed by atoms with Crippen LogP contribution >= 0.6 is 11.6 Å². The van der Waals surface area contributed by atoms with E-state index in [1.54, 1.807) is 6.08 Å². The lowest BCUT2D eigenvalue weighted by molar-refractivity contribution is -0.0246. The molecule has 10 heteroatoms. The first kappa shape index (κ1) is 34.7. The van der Waals surface area contributed by atoms with E-state index < -0.39 is 0 Å². The Morgan fingerprint density at radius 1 is 0.371 bits per heavy atom. The van der Waals surface area contributed by atoms with Gasteiger partial charge in [0.2, 0.25) is 0 Å². The van der Waals surface area contributed by atoms with E-state index >= 15 is 0 Å². The highest BCUT2D eigenvalue weighted by molar-refractivity contribution is 6.17. The van der Waals surface area contributed by atoms with Crippen molar-refractivity contribution in [3.05, 3.63) is 12.7 Å². The minimum absolute atomic E-state index is 0.531. The topological polar surface area (TPSA) is 83.1 Å². The monoisotopic (exact) mass is 528 g/mol. The fraction of sp³-hybridized carbons (Fsp3) is 0.920. The molecule has 0 aliphatic rings. The van der Waals surface area contributed by atoms with Crippen LogP contribution in [0.15, 0.2) is 12.7 Å². The summed E-state index contributed by atoms with van der Waals surface area (Å²) in [5.74, 6) is 0.747. The summed E-state index contributed by atoms with van der Waals surface area (Å²) in [6, 6.07) is 0. The van der Waals surface area contributed by atoms with Crippen molar-refractivity contribution in [1.29, 1.82) is 0 Å². The lowest BCUT2D eigenvalue weighted by atomic mass is 10.2. The van der Waals surface area contributed by atoms with Crippen LogP contribution in [-0.4, -0.2) is 125 Å². The fourth-order valence-electron chi connectivity index (χ4n) is 2.58.